The van der Waals surface area contributed by atoms with Gasteiger partial charge in [-0.1, -0.05) is 18.5 Å². The van der Waals surface area contributed by atoms with Crippen molar-refractivity contribution in [3.63, 3.8) is 0 Å². The minimum absolute atomic E-state index is 0.281. The van der Waals surface area contributed by atoms with Crippen LogP contribution in [0.5, 0.6) is 11.5 Å². The van der Waals surface area contributed by atoms with Gasteiger partial charge < -0.3 is 14.8 Å². The van der Waals surface area contributed by atoms with E-state index in [1.807, 2.05) is 6.07 Å². The molecule has 1 aromatic carbocycles. The zero-order valence-electron chi connectivity index (χ0n) is 7.97. The second kappa shape index (κ2) is 3.96. The molecule has 1 heterocycles. The number of benzene rings is 1. The summed E-state index contributed by atoms with van der Waals surface area (Å²) in [7, 11) is 0. The molecule has 3 nitrogen and oxygen atoms in total. The third-order valence-electron chi connectivity index (χ3n) is 2.03. The fourth-order valence-corrected chi connectivity index (χ4v) is 1.53. The van der Waals surface area contributed by atoms with Gasteiger partial charge in [-0.2, -0.15) is 0 Å². The highest BCUT2D eigenvalue weighted by molar-refractivity contribution is 6.33. The number of hydrogen-bond donors (Lipinski definition) is 1. The van der Waals surface area contributed by atoms with Crippen LogP contribution in [-0.4, -0.2) is 13.3 Å². The first-order valence-electron chi connectivity index (χ1n) is 4.64. The highest BCUT2D eigenvalue weighted by Gasteiger charge is 2.15. The van der Waals surface area contributed by atoms with E-state index in [0.717, 1.165) is 30.2 Å². The van der Waals surface area contributed by atoms with Crippen LogP contribution in [0.3, 0.4) is 0 Å². The van der Waals surface area contributed by atoms with Crippen molar-refractivity contribution in [3.05, 3.63) is 17.2 Å². The monoisotopic (exact) mass is 213 g/mol. The molecule has 4 heteroatoms. The van der Waals surface area contributed by atoms with Gasteiger partial charge in [-0.05, 0) is 6.42 Å². The molecule has 76 valence electrons. The summed E-state index contributed by atoms with van der Waals surface area (Å²) < 4.78 is 10.5. The Labute approximate surface area is 88.0 Å². The van der Waals surface area contributed by atoms with Crippen LogP contribution in [0.25, 0.3) is 0 Å². The highest BCUT2D eigenvalue weighted by Crippen LogP contribution is 2.39. The molecule has 0 fully saturated rings. The molecule has 1 aliphatic rings. The van der Waals surface area contributed by atoms with Crippen molar-refractivity contribution in [2.75, 3.05) is 18.7 Å². The molecule has 0 amide bonds. The fourth-order valence-electron chi connectivity index (χ4n) is 1.31. The lowest BCUT2D eigenvalue weighted by molar-refractivity contribution is 0.174. The standard InChI is InChI=1S/C10H12ClNO2/c1-2-3-12-8-5-10-9(4-7(8)11)13-6-14-10/h4-5,12H,2-3,6H2,1H3. The van der Waals surface area contributed by atoms with Gasteiger partial charge >= 0.3 is 0 Å². The van der Waals surface area contributed by atoms with Gasteiger partial charge in [0.25, 0.3) is 0 Å². The summed E-state index contributed by atoms with van der Waals surface area (Å²) >= 11 is 6.05. The van der Waals surface area contributed by atoms with E-state index < -0.39 is 0 Å². The van der Waals surface area contributed by atoms with Crippen LogP contribution in [0, 0.1) is 0 Å². The molecule has 0 aliphatic carbocycles. The zero-order valence-corrected chi connectivity index (χ0v) is 8.73. The largest absolute Gasteiger partial charge is 0.454 e. The summed E-state index contributed by atoms with van der Waals surface area (Å²) in [5.41, 5.74) is 0.901. The van der Waals surface area contributed by atoms with E-state index in [-0.39, 0.29) is 6.79 Å². The topological polar surface area (TPSA) is 30.5 Å². The Morgan fingerprint density at radius 2 is 2.07 bits per heavy atom. The molecular weight excluding hydrogens is 202 g/mol. The minimum Gasteiger partial charge on any atom is -0.454 e. The Balaban J connectivity index is 2.23. The summed E-state index contributed by atoms with van der Waals surface area (Å²) in [6, 6.07) is 3.65. The fraction of sp³-hybridized carbons (Fsp3) is 0.400. The van der Waals surface area contributed by atoms with Crippen molar-refractivity contribution in [2.45, 2.75) is 13.3 Å². The van der Waals surface area contributed by atoms with E-state index in [9.17, 15) is 0 Å². The summed E-state index contributed by atoms with van der Waals surface area (Å²) in [4.78, 5) is 0. The molecule has 1 aromatic rings. The van der Waals surface area contributed by atoms with Crippen molar-refractivity contribution in [1.29, 1.82) is 0 Å². The number of rotatable bonds is 3. The van der Waals surface area contributed by atoms with Crippen LogP contribution < -0.4 is 14.8 Å². The summed E-state index contributed by atoms with van der Waals surface area (Å²) in [6.45, 7) is 3.29. The van der Waals surface area contributed by atoms with Gasteiger partial charge in [-0.3, -0.25) is 0 Å². The molecule has 0 bridgehead atoms. The average molecular weight is 214 g/mol. The maximum Gasteiger partial charge on any atom is 0.231 e. The van der Waals surface area contributed by atoms with Gasteiger partial charge in [0.1, 0.15) is 0 Å². The Morgan fingerprint density at radius 1 is 1.36 bits per heavy atom. The first-order chi connectivity index (χ1) is 6.81. The van der Waals surface area contributed by atoms with Gasteiger partial charge in [0.15, 0.2) is 11.5 Å². The van der Waals surface area contributed by atoms with E-state index in [1.54, 1.807) is 6.07 Å². The highest BCUT2D eigenvalue weighted by atomic mass is 35.5. The molecule has 0 atom stereocenters. The quantitative estimate of drug-likeness (QED) is 0.838. The SMILES string of the molecule is CCCNc1cc2c(cc1Cl)OCO2. The van der Waals surface area contributed by atoms with Gasteiger partial charge in [0.2, 0.25) is 6.79 Å². The first-order valence-corrected chi connectivity index (χ1v) is 5.02. The number of anilines is 1. The minimum atomic E-state index is 0.281. The first kappa shape index (κ1) is 9.46. The molecule has 0 saturated heterocycles. The Morgan fingerprint density at radius 3 is 2.79 bits per heavy atom. The van der Waals surface area contributed by atoms with Gasteiger partial charge in [0.05, 0.1) is 10.7 Å². The van der Waals surface area contributed by atoms with Crippen molar-refractivity contribution < 1.29 is 9.47 Å². The van der Waals surface area contributed by atoms with Crippen LogP contribution in [0.2, 0.25) is 5.02 Å². The second-order valence-corrected chi connectivity index (χ2v) is 3.52. The maximum absolute atomic E-state index is 6.05. The molecule has 1 aliphatic heterocycles. The number of nitrogens with one attached hydrogen (secondary N) is 1. The molecule has 0 unspecified atom stereocenters. The number of halogens is 1. The summed E-state index contributed by atoms with van der Waals surface area (Å²) in [6.07, 6.45) is 1.06. The molecule has 0 radical (unpaired) electrons. The van der Waals surface area contributed by atoms with E-state index in [0.29, 0.717) is 5.02 Å². The number of ether oxygens (including phenoxy) is 2. The molecule has 0 saturated carbocycles. The van der Waals surface area contributed by atoms with Crippen molar-refractivity contribution in [2.24, 2.45) is 0 Å². The molecule has 0 spiro atoms. The second-order valence-electron chi connectivity index (χ2n) is 3.11. The normalized spacial score (nSPS) is 13.0. The maximum atomic E-state index is 6.05. The predicted molar refractivity (Wildman–Crippen MR) is 56.4 cm³/mol. The molecule has 1 N–H and O–H groups in total. The lowest BCUT2D eigenvalue weighted by Gasteiger charge is -2.07. The van der Waals surface area contributed by atoms with Crippen molar-refractivity contribution in [3.8, 4) is 11.5 Å². The smallest absolute Gasteiger partial charge is 0.231 e. The van der Waals surface area contributed by atoms with Gasteiger partial charge in [0, 0.05) is 18.7 Å². The van der Waals surface area contributed by atoms with Crippen LogP contribution in [-0.2, 0) is 0 Å². The molecular formula is C10H12ClNO2. The van der Waals surface area contributed by atoms with Crippen LogP contribution >= 0.6 is 11.6 Å². The lowest BCUT2D eigenvalue weighted by Crippen LogP contribution is -1.99. The average Bonchev–Trinajstić information content (AvgIpc) is 2.61. The predicted octanol–water partition coefficient (Wildman–Crippen LogP) is 2.89. The van der Waals surface area contributed by atoms with E-state index >= 15 is 0 Å². The Kier molecular flexibility index (Phi) is 2.68. The van der Waals surface area contributed by atoms with Gasteiger partial charge in [-0.15, -0.1) is 0 Å². The van der Waals surface area contributed by atoms with E-state index in [1.165, 1.54) is 0 Å². The zero-order chi connectivity index (χ0) is 9.97. The van der Waals surface area contributed by atoms with E-state index in [2.05, 4.69) is 12.2 Å². The van der Waals surface area contributed by atoms with Crippen molar-refractivity contribution >= 4 is 17.3 Å². The molecule has 14 heavy (non-hydrogen) atoms. The van der Waals surface area contributed by atoms with Crippen LogP contribution in [0.1, 0.15) is 13.3 Å². The summed E-state index contributed by atoms with van der Waals surface area (Å²) in [5.74, 6) is 1.48. The number of fused-ring (bicyclic) bond motifs is 1. The van der Waals surface area contributed by atoms with Crippen molar-refractivity contribution in [1.82, 2.24) is 0 Å². The third kappa shape index (κ3) is 1.73. The van der Waals surface area contributed by atoms with E-state index in [4.69, 9.17) is 21.1 Å². The molecule has 0 aromatic heterocycles. The Bertz CT molecular complexity index is 341. The van der Waals surface area contributed by atoms with Gasteiger partial charge in [-0.25, -0.2) is 0 Å². The third-order valence-corrected chi connectivity index (χ3v) is 2.34. The Hall–Kier alpha value is -1.09. The lowest BCUT2D eigenvalue weighted by atomic mass is 10.2. The number of hydrogen-bond acceptors (Lipinski definition) is 3. The molecule has 2 rings (SSSR count). The van der Waals surface area contributed by atoms with Crippen LogP contribution in [0.15, 0.2) is 12.1 Å². The summed E-state index contributed by atoms with van der Waals surface area (Å²) in [5, 5.41) is 3.89. The van der Waals surface area contributed by atoms with Crippen LogP contribution in [0.4, 0.5) is 5.69 Å².